The summed E-state index contributed by atoms with van der Waals surface area (Å²) in [5, 5.41) is 8.93. The number of carbonyl (C=O) groups excluding carboxylic acids is 4. The van der Waals surface area contributed by atoms with Gasteiger partial charge in [0.05, 0.1) is 12.1 Å². The van der Waals surface area contributed by atoms with Crippen molar-refractivity contribution in [2.75, 3.05) is 19.6 Å². The minimum absolute atomic E-state index is 0.0438. The maximum Gasteiger partial charge on any atom is 0.410 e. The van der Waals surface area contributed by atoms with Gasteiger partial charge in [0.2, 0.25) is 0 Å². The van der Waals surface area contributed by atoms with E-state index in [9.17, 15) is 19.2 Å². The van der Waals surface area contributed by atoms with E-state index in [4.69, 9.17) is 4.74 Å². The lowest BCUT2D eigenvalue weighted by Crippen LogP contribution is -2.56. The summed E-state index contributed by atoms with van der Waals surface area (Å²) >= 11 is 0. The number of benzene rings is 2. The Bertz CT molecular complexity index is 1500. The number of fused-ring (bicyclic) bond motifs is 1. The van der Waals surface area contributed by atoms with Crippen molar-refractivity contribution in [3.8, 4) is 0 Å². The molecule has 5 rings (SSSR count). The number of aryl methyl sites for hydroxylation is 1. The van der Waals surface area contributed by atoms with Crippen LogP contribution in [0.15, 0.2) is 54.6 Å². The fourth-order valence-electron chi connectivity index (χ4n) is 5.38. The molecule has 208 valence electrons. The van der Waals surface area contributed by atoms with Crippen molar-refractivity contribution in [2.45, 2.75) is 45.3 Å². The summed E-state index contributed by atoms with van der Waals surface area (Å²) in [7, 11) is 0. The van der Waals surface area contributed by atoms with Crippen LogP contribution in [-0.2, 0) is 16.0 Å². The molecule has 0 radical (unpaired) electrons. The average molecular weight is 544 g/mol. The molecule has 10 nitrogen and oxygen atoms in total. The maximum absolute atomic E-state index is 13.0. The molecule has 5 amide bonds. The Labute approximate surface area is 232 Å². The summed E-state index contributed by atoms with van der Waals surface area (Å²) < 4.78 is 5.47. The van der Waals surface area contributed by atoms with Crippen LogP contribution in [0.4, 0.5) is 9.59 Å². The normalized spacial score (nSPS) is 20.5. The van der Waals surface area contributed by atoms with E-state index in [0.717, 1.165) is 22.2 Å². The molecule has 0 saturated carbocycles. The zero-order valence-electron chi connectivity index (χ0n) is 23.0. The molecule has 1 aromatic heterocycles. The van der Waals surface area contributed by atoms with Gasteiger partial charge in [-0.15, -0.1) is 0 Å². The second kappa shape index (κ2) is 10.3. The highest BCUT2D eigenvalue weighted by Gasteiger charge is 2.58. The smallest absolute Gasteiger partial charge is 0.410 e. The van der Waals surface area contributed by atoms with Gasteiger partial charge in [0, 0.05) is 35.7 Å². The van der Waals surface area contributed by atoms with Crippen molar-refractivity contribution < 1.29 is 23.9 Å². The molecule has 10 heteroatoms. The van der Waals surface area contributed by atoms with E-state index in [2.05, 4.69) is 33.1 Å². The van der Waals surface area contributed by atoms with Crippen LogP contribution in [0.1, 0.15) is 48.0 Å². The number of nitrogens with zero attached hydrogens (tertiary/aromatic N) is 2. The van der Waals surface area contributed by atoms with E-state index < -0.39 is 35.1 Å². The van der Waals surface area contributed by atoms with Crippen LogP contribution in [-0.4, -0.2) is 64.6 Å². The second-order valence-electron chi connectivity index (χ2n) is 11.5. The zero-order valence-corrected chi connectivity index (χ0v) is 23.0. The Balaban J connectivity index is 1.26. The van der Waals surface area contributed by atoms with Gasteiger partial charge >= 0.3 is 12.1 Å². The van der Waals surface area contributed by atoms with E-state index >= 15 is 0 Å². The van der Waals surface area contributed by atoms with Gasteiger partial charge in [-0.05, 0) is 69.5 Å². The summed E-state index contributed by atoms with van der Waals surface area (Å²) in [6, 6.07) is 16.9. The SMILES string of the molecule is Cc1cc(Cc2ccc(C(=O)NCC3CN(C(=O)OC(C)(C)C)CC34NC(=O)NC4=O)cc2)c2ccccc2n1. The number of imide groups is 1. The van der Waals surface area contributed by atoms with Gasteiger partial charge in [-0.2, -0.15) is 0 Å². The molecule has 3 N–H and O–H groups in total. The first kappa shape index (κ1) is 27.1. The number of para-hydroxylation sites is 1. The number of carbonyl (C=O) groups is 4. The van der Waals surface area contributed by atoms with Gasteiger partial charge < -0.3 is 20.3 Å². The van der Waals surface area contributed by atoms with E-state index in [1.807, 2.05) is 37.3 Å². The van der Waals surface area contributed by atoms with E-state index in [0.29, 0.717) is 12.0 Å². The number of rotatable bonds is 5. The molecule has 2 aromatic carbocycles. The lowest BCUT2D eigenvalue weighted by Gasteiger charge is -2.27. The number of amides is 5. The molecular formula is C30H33N5O5. The Kier molecular flexibility index (Phi) is 6.95. The van der Waals surface area contributed by atoms with Crippen LogP contribution in [0.3, 0.4) is 0 Å². The molecule has 2 fully saturated rings. The molecule has 40 heavy (non-hydrogen) atoms. The molecular weight excluding hydrogens is 510 g/mol. The van der Waals surface area contributed by atoms with Crippen molar-refractivity contribution in [1.82, 2.24) is 25.8 Å². The van der Waals surface area contributed by atoms with Gasteiger partial charge in [0.15, 0.2) is 0 Å². The number of hydrogen-bond acceptors (Lipinski definition) is 6. The fraction of sp³-hybridized carbons (Fsp3) is 0.367. The summed E-state index contributed by atoms with van der Waals surface area (Å²) in [5.74, 6) is -1.38. The van der Waals surface area contributed by atoms with Gasteiger partial charge in [-0.1, -0.05) is 30.3 Å². The quantitative estimate of drug-likeness (QED) is 0.424. The third-order valence-electron chi connectivity index (χ3n) is 7.25. The van der Waals surface area contributed by atoms with Crippen molar-refractivity contribution in [2.24, 2.45) is 5.92 Å². The van der Waals surface area contributed by atoms with Crippen LogP contribution in [0.25, 0.3) is 10.9 Å². The van der Waals surface area contributed by atoms with Crippen molar-refractivity contribution in [3.63, 3.8) is 0 Å². The Morgan fingerprint density at radius 3 is 2.52 bits per heavy atom. The Morgan fingerprint density at radius 2 is 1.85 bits per heavy atom. The predicted octanol–water partition coefficient (Wildman–Crippen LogP) is 3.31. The van der Waals surface area contributed by atoms with Gasteiger partial charge in [0.1, 0.15) is 11.1 Å². The fourth-order valence-corrected chi connectivity index (χ4v) is 5.38. The number of ether oxygens (including phenoxy) is 1. The lowest BCUT2D eigenvalue weighted by molar-refractivity contribution is -0.124. The topological polar surface area (TPSA) is 130 Å². The van der Waals surface area contributed by atoms with E-state index in [-0.39, 0.29) is 25.5 Å². The Hall–Kier alpha value is -4.47. The Morgan fingerprint density at radius 1 is 1.12 bits per heavy atom. The number of aromatic nitrogens is 1. The summed E-state index contributed by atoms with van der Waals surface area (Å²) in [6.45, 7) is 7.41. The highest BCUT2D eigenvalue weighted by atomic mass is 16.6. The van der Waals surface area contributed by atoms with Gasteiger partial charge in [0.25, 0.3) is 11.8 Å². The minimum atomic E-state index is -1.34. The molecule has 2 aliphatic heterocycles. The zero-order chi connectivity index (χ0) is 28.7. The van der Waals surface area contributed by atoms with Crippen molar-refractivity contribution in [3.05, 3.63) is 77.0 Å². The highest BCUT2D eigenvalue weighted by molar-refractivity contribution is 6.08. The first-order valence-electron chi connectivity index (χ1n) is 13.3. The summed E-state index contributed by atoms with van der Waals surface area (Å²) in [6.07, 6.45) is 0.119. The van der Waals surface area contributed by atoms with Crippen LogP contribution in [0.2, 0.25) is 0 Å². The minimum Gasteiger partial charge on any atom is -0.444 e. The maximum atomic E-state index is 13.0. The third-order valence-corrected chi connectivity index (χ3v) is 7.25. The lowest BCUT2D eigenvalue weighted by atomic mass is 9.87. The number of likely N-dealkylation sites (tertiary alicyclic amines) is 1. The van der Waals surface area contributed by atoms with E-state index in [1.165, 1.54) is 10.5 Å². The van der Waals surface area contributed by atoms with Crippen molar-refractivity contribution >= 4 is 34.8 Å². The van der Waals surface area contributed by atoms with Crippen LogP contribution < -0.4 is 16.0 Å². The second-order valence-corrected chi connectivity index (χ2v) is 11.5. The molecule has 2 unspecified atom stereocenters. The number of hydrogen-bond donors (Lipinski definition) is 3. The molecule has 0 aliphatic carbocycles. The molecule has 2 atom stereocenters. The summed E-state index contributed by atoms with van der Waals surface area (Å²) in [5.41, 5.74) is 2.54. The van der Waals surface area contributed by atoms with Gasteiger partial charge in [-0.25, -0.2) is 9.59 Å². The molecule has 3 aromatic rings. The largest absolute Gasteiger partial charge is 0.444 e. The number of urea groups is 1. The standard InChI is InChI=1S/C30H33N5O5/c1-18-13-21(23-7-5-6-8-24(23)32-18)14-19-9-11-20(12-10-19)25(36)31-15-22-16-35(28(39)40-29(2,3)4)17-30(22)26(37)33-27(38)34-30/h5-13,22H,14-17H2,1-4H3,(H,31,36)(H2,33,34,37,38). The van der Waals surface area contributed by atoms with E-state index in [1.54, 1.807) is 32.9 Å². The highest BCUT2D eigenvalue weighted by Crippen LogP contribution is 2.31. The summed E-state index contributed by atoms with van der Waals surface area (Å²) in [4.78, 5) is 56.5. The molecule has 2 aliphatic rings. The molecule has 3 heterocycles. The van der Waals surface area contributed by atoms with Crippen LogP contribution >= 0.6 is 0 Å². The predicted molar refractivity (Wildman–Crippen MR) is 149 cm³/mol. The molecule has 0 bridgehead atoms. The first-order valence-corrected chi connectivity index (χ1v) is 13.3. The van der Waals surface area contributed by atoms with Crippen LogP contribution in [0, 0.1) is 12.8 Å². The monoisotopic (exact) mass is 543 g/mol. The first-order chi connectivity index (χ1) is 18.9. The third kappa shape index (κ3) is 5.47. The van der Waals surface area contributed by atoms with Crippen LogP contribution in [0.5, 0.6) is 0 Å². The van der Waals surface area contributed by atoms with Crippen molar-refractivity contribution in [1.29, 1.82) is 0 Å². The molecule has 2 saturated heterocycles. The average Bonchev–Trinajstić information content (AvgIpc) is 3.40. The number of pyridine rings is 1. The van der Waals surface area contributed by atoms with Gasteiger partial charge in [-0.3, -0.25) is 19.9 Å². The molecule has 1 spiro atoms. The number of nitrogens with one attached hydrogen (secondary N) is 3.